The number of hydrogen-bond donors (Lipinski definition) is 0. The Balaban J connectivity index is 2.11. The van der Waals surface area contributed by atoms with Crippen LogP contribution in [0.25, 0.3) is 0 Å². The molecule has 0 N–H and O–H groups in total. The van der Waals surface area contributed by atoms with Crippen LogP contribution >= 0.6 is 0 Å². The molecule has 0 spiro atoms. The van der Waals surface area contributed by atoms with Gasteiger partial charge in [-0.2, -0.15) is 0 Å². The van der Waals surface area contributed by atoms with Crippen LogP contribution < -0.4 is 0 Å². The Morgan fingerprint density at radius 3 is 1.58 bits per heavy atom. The lowest BCUT2D eigenvalue weighted by molar-refractivity contribution is 0.694. The molecule has 0 radical (unpaired) electrons. The van der Waals surface area contributed by atoms with Gasteiger partial charge in [-0.05, 0) is 6.08 Å². The van der Waals surface area contributed by atoms with Crippen LogP contribution in [0.15, 0.2) is 96.0 Å². The van der Waals surface area contributed by atoms with E-state index < -0.39 is 10.8 Å². The summed E-state index contributed by atoms with van der Waals surface area (Å²) in [7, 11) is -0.820. The van der Waals surface area contributed by atoms with Crippen molar-refractivity contribution in [2.24, 2.45) is 0 Å². The molecular weight excluding hydrogens is 252 g/mol. The second-order valence-corrected chi connectivity index (χ2v) is 5.56. The van der Waals surface area contributed by atoms with Gasteiger partial charge in [0.25, 0.3) is 0 Å². The second kappa shape index (κ2) is 7.49. The average Bonchev–Trinajstić information content (AvgIpc) is 3.03. The number of allylic oxidation sites excluding steroid dienone is 14. The minimum atomic E-state index is -0.820. The highest BCUT2D eigenvalue weighted by Gasteiger charge is 2.37. The van der Waals surface area contributed by atoms with Crippen LogP contribution in [0.3, 0.4) is 0 Å². The van der Waals surface area contributed by atoms with Gasteiger partial charge in [-0.1, -0.05) is 85.1 Å². The van der Waals surface area contributed by atoms with Gasteiger partial charge in [0.15, 0.2) is 0 Å². The summed E-state index contributed by atoms with van der Waals surface area (Å²) in [5.41, 5.74) is 0. The first-order chi connectivity index (χ1) is 9.39. The molecule has 96 valence electrons. The summed E-state index contributed by atoms with van der Waals surface area (Å²) in [6.45, 7) is 0. The maximum absolute atomic E-state index is 11.6. The van der Waals surface area contributed by atoms with E-state index in [4.69, 9.17) is 0 Å². The molecule has 1 aliphatic carbocycles. The van der Waals surface area contributed by atoms with E-state index >= 15 is 0 Å². The lowest BCUT2D eigenvalue weighted by Crippen LogP contribution is -1.72. The zero-order chi connectivity index (χ0) is 13.3. The smallest absolute Gasteiger partial charge is 0.0908 e. The first-order valence-corrected chi connectivity index (χ1v) is 7.40. The van der Waals surface area contributed by atoms with Crippen LogP contribution in [0, 0.1) is 0 Å². The number of rotatable bonds is 0. The van der Waals surface area contributed by atoms with Crippen molar-refractivity contribution >= 4 is 10.8 Å². The van der Waals surface area contributed by atoms with Crippen molar-refractivity contribution in [2.75, 3.05) is 0 Å². The minimum Gasteiger partial charge on any atom is -0.254 e. The first kappa shape index (κ1) is 13.5. The van der Waals surface area contributed by atoms with Crippen LogP contribution in [-0.4, -0.2) is 9.46 Å². The van der Waals surface area contributed by atoms with Gasteiger partial charge in [0.1, 0.15) is 0 Å². The fourth-order valence-corrected chi connectivity index (χ4v) is 2.63. The maximum atomic E-state index is 11.6. The van der Waals surface area contributed by atoms with Crippen LogP contribution in [0.4, 0.5) is 0 Å². The van der Waals surface area contributed by atoms with E-state index in [1.807, 2.05) is 91.1 Å². The highest BCUT2D eigenvalue weighted by molar-refractivity contribution is 7.98. The lowest BCUT2D eigenvalue weighted by atomic mass is 10.3. The monoisotopic (exact) mass is 268 g/mol. The van der Waals surface area contributed by atoms with Crippen molar-refractivity contribution in [3.05, 3.63) is 96.0 Å². The van der Waals surface area contributed by atoms with Crippen molar-refractivity contribution in [3.8, 4) is 0 Å². The largest absolute Gasteiger partial charge is 0.254 e. The van der Waals surface area contributed by atoms with Crippen molar-refractivity contribution in [1.29, 1.82) is 0 Å². The Morgan fingerprint density at radius 1 is 0.632 bits per heavy atom. The molecule has 1 aliphatic heterocycles. The number of hydrogen-bond acceptors (Lipinski definition) is 1. The molecule has 2 rings (SSSR count). The fraction of sp³-hybridized carbons (Fsp3) is 0.0588. The van der Waals surface area contributed by atoms with E-state index in [1.165, 1.54) is 0 Å². The summed E-state index contributed by atoms with van der Waals surface area (Å²) in [6.07, 6.45) is 29.4. The van der Waals surface area contributed by atoms with Gasteiger partial charge in [0.2, 0.25) is 0 Å². The summed E-state index contributed by atoms with van der Waals surface area (Å²) in [4.78, 5) is 0.992. The Labute approximate surface area is 116 Å². The third-order valence-corrected chi connectivity index (χ3v) is 4.04. The molecule has 0 bridgehead atoms. The van der Waals surface area contributed by atoms with Gasteiger partial charge in [-0.15, -0.1) is 0 Å². The van der Waals surface area contributed by atoms with Gasteiger partial charge in [0, 0.05) is 4.91 Å². The van der Waals surface area contributed by atoms with E-state index in [2.05, 4.69) is 0 Å². The zero-order valence-corrected chi connectivity index (χ0v) is 11.4. The van der Waals surface area contributed by atoms with Crippen LogP contribution in [0.5, 0.6) is 0 Å². The Morgan fingerprint density at radius 2 is 1.05 bits per heavy atom. The van der Waals surface area contributed by atoms with Gasteiger partial charge >= 0.3 is 0 Å². The molecule has 0 amide bonds. The van der Waals surface area contributed by atoms with E-state index in [1.54, 1.807) is 0 Å². The Bertz CT molecular complexity index is 566. The third-order valence-electron chi connectivity index (χ3n) is 2.57. The minimum absolute atomic E-state index is 0.0951. The molecule has 0 aromatic carbocycles. The second-order valence-electron chi connectivity index (χ2n) is 3.98. The molecular formula is C17H16OS. The molecule has 2 unspecified atom stereocenters. The molecule has 1 heterocycles. The van der Waals surface area contributed by atoms with Crippen molar-refractivity contribution in [3.63, 3.8) is 0 Å². The zero-order valence-electron chi connectivity index (χ0n) is 10.6. The first-order valence-electron chi connectivity index (χ1n) is 6.18. The van der Waals surface area contributed by atoms with Gasteiger partial charge in [0.05, 0.1) is 16.0 Å². The number of fused-ring (bicyclic) bond motifs is 1. The molecule has 1 fully saturated rings. The Kier molecular flexibility index (Phi) is 5.32. The average molecular weight is 268 g/mol. The molecule has 0 aromatic heterocycles. The van der Waals surface area contributed by atoms with Crippen molar-refractivity contribution in [2.45, 2.75) is 5.25 Å². The standard InChI is InChI=1S/C17H16OS/c18-19-16-14-12-10-8-6-4-2-1-3-5-7-9-11-13-15-17(16)19/h1-16H/b2-1-,5-3-,6-4-,9-7-,10-8-,13-11-,14-12-,17-15+. The van der Waals surface area contributed by atoms with Gasteiger partial charge < -0.3 is 0 Å². The summed E-state index contributed by atoms with van der Waals surface area (Å²) in [5.74, 6) is 0. The molecule has 2 aliphatic rings. The van der Waals surface area contributed by atoms with Crippen LogP contribution in [0.2, 0.25) is 0 Å². The fourth-order valence-electron chi connectivity index (χ4n) is 1.54. The van der Waals surface area contributed by atoms with Gasteiger partial charge in [-0.3, -0.25) is 4.21 Å². The molecule has 0 saturated carbocycles. The normalized spacial score (nSPS) is 40.5. The predicted octanol–water partition coefficient (Wildman–Crippen LogP) is 3.91. The highest BCUT2D eigenvalue weighted by Crippen LogP contribution is 2.33. The van der Waals surface area contributed by atoms with Gasteiger partial charge in [-0.25, -0.2) is 0 Å². The Hall–Kier alpha value is -1.93. The summed E-state index contributed by atoms with van der Waals surface area (Å²) in [5, 5.41) is 0.0951. The molecule has 0 aromatic rings. The van der Waals surface area contributed by atoms with Crippen molar-refractivity contribution < 1.29 is 4.21 Å². The predicted molar refractivity (Wildman–Crippen MR) is 84.0 cm³/mol. The van der Waals surface area contributed by atoms with E-state index in [9.17, 15) is 4.21 Å². The topological polar surface area (TPSA) is 17.1 Å². The SMILES string of the molecule is O=S1/C2=C/C=C\C=C/C=C\C=C/C=C\C=C/C=C\C21. The third kappa shape index (κ3) is 4.68. The lowest BCUT2D eigenvalue weighted by Gasteiger charge is -1.75. The molecule has 1 nitrogen and oxygen atoms in total. The summed E-state index contributed by atoms with van der Waals surface area (Å²) in [6, 6.07) is 0. The van der Waals surface area contributed by atoms with Crippen LogP contribution in [0.1, 0.15) is 0 Å². The molecule has 1 saturated heterocycles. The molecule has 2 heteroatoms. The van der Waals surface area contributed by atoms with E-state index in [0.29, 0.717) is 0 Å². The van der Waals surface area contributed by atoms with Crippen molar-refractivity contribution in [1.82, 2.24) is 0 Å². The maximum Gasteiger partial charge on any atom is 0.0908 e. The quantitative estimate of drug-likeness (QED) is 0.609. The molecule has 19 heavy (non-hydrogen) atoms. The highest BCUT2D eigenvalue weighted by atomic mass is 32.2. The van der Waals surface area contributed by atoms with Crippen LogP contribution in [-0.2, 0) is 10.8 Å². The molecule has 2 atom stereocenters. The summed E-state index contributed by atoms with van der Waals surface area (Å²) < 4.78 is 11.6. The van der Waals surface area contributed by atoms with E-state index in [-0.39, 0.29) is 5.25 Å². The summed E-state index contributed by atoms with van der Waals surface area (Å²) >= 11 is 0. The van der Waals surface area contributed by atoms with E-state index in [0.717, 1.165) is 4.91 Å².